The summed E-state index contributed by atoms with van der Waals surface area (Å²) < 4.78 is 0. The molecule has 1 amide bonds. The molecule has 1 aromatic carbocycles. The number of hydrogen-bond donors (Lipinski definition) is 1. The van der Waals surface area contributed by atoms with Crippen molar-refractivity contribution in [3.63, 3.8) is 0 Å². The molecule has 0 bridgehead atoms. The molecule has 1 unspecified atom stereocenters. The van der Waals surface area contributed by atoms with Gasteiger partial charge in [-0.05, 0) is 51.3 Å². The van der Waals surface area contributed by atoms with Gasteiger partial charge in [0.15, 0.2) is 6.04 Å². The molecule has 1 N–H and O–H groups in total. The Morgan fingerprint density at radius 1 is 1.21 bits per heavy atom. The number of rotatable bonds is 5. The van der Waals surface area contributed by atoms with Crippen LogP contribution in [0.5, 0.6) is 0 Å². The third-order valence-corrected chi connectivity index (χ3v) is 3.26. The Balaban J connectivity index is 3.43. The number of benzene rings is 1. The number of carboxylic acid groups (broad SMARTS) is 1. The van der Waals surface area contributed by atoms with Gasteiger partial charge < -0.3 is 10.0 Å². The van der Waals surface area contributed by atoms with Crippen molar-refractivity contribution in [1.82, 2.24) is 4.90 Å². The lowest BCUT2D eigenvalue weighted by Crippen LogP contribution is -2.38. The highest BCUT2D eigenvalue weighted by Gasteiger charge is 2.30. The molecule has 4 nitrogen and oxygen atoms in total. The highest BCUT2D eigenvalue weighted by atomic mass is 16.4. The molecule has 0 radical (unpaired) electrons. The van der Waals surface area contributed by atoms with Gasteiger partial charge in [0.2, 0.25) is 6.41 Å². The molecule has 1 rings (SSSR count). The van der Waals surface area contributed by atoms with Crippen molar-refractivity contribution in [1.29, 1.82) is 0 Å². The van der Waals surface area contributed by atoms with Crippen LogP contribution in [0.2, 0.25) is 0 Å². The van der Waals surface area contributed by atoms with E-state index < -0.39 is 12.0 Å². The number of amides is 1. The first-order valence-electron chi connectivity index (χ1n) is 6.32. The molecule has 0 aliphatic rings. The van der Waals surface area contributed by atoms with Gasteiger partial charge in [0, 0.05) is 6.04 Å². The van der Waals surface area contributed by atoms with Crippen LogP contribution in [0.15, 0.2) is 12.1 Å². The number of nitrogens with zero attached hydrogens (tertiary/aromatic N) is 1. The Hall–Kier alpha value is -1.84. The SMILES string of the molecule is Cc1cc(C)c(C(C(=O)O)N(C=O)C(C)C)c(C)c1. The van der Waals surface area contributed by atoms with Crippen LogP contribution < -0.4 is 0 Å². The molecule has 0 fully saturated rings. The number of carbonyl (C=O) groups excluding carboxylic acids is 1. The van der Waals surface area contributed by atoms with Gasteiger partial charge in [0.05, 0.1) is 0 Å². The Morgan fingerprint density at radius 2 is 1.68 bits per heavy atom. The summed E-state index contributed by atoms with van der Waals surface area (Å²) in [6.45, 7) is 9.36. The van der Waals surface area contributed by atoms with E-state index in [1.165, 1.54) is 4.90 Å². The predicted octanol–water partition coefficient (Wildman–Crippen LogP) is 2.60. The van der Waals surface area contributed by atoms with Gasteiger partial charge in [-0.3, -0.25) is 4.79 Å². The van der Waals surface area contributed by atoms with Crippen LogP contribution >= 0.6 is 0 Å². The smallest absolute Gasteiger partial charge is 0.331 e. The van der Waals surface area contributed by atoms with Crippen molar-refractivity contribution in [2.24, 2.45) is 0 Å². The quantitative estimate of drug-likeness (QED) is 0.831. The molecule has 0 aromatic heterocycles. The largest absolute Gasteiger partial charge is 0.479 e. The summed E-state index contributed by atoms with van der Waals surface area (Å²) in [6, 6.07) is 2.79. The fourth-order valence-corrected chi connectivity index (χ4v) is 2.50. The van der Waals surface area contributed by atoms with Crippen LogP contribution in [0, 0.1) is 20.8 Å². The normalized spacial score (nSPS) is 12.3. The first-order valence-corrected chi connectivity index (χ1v) is 6.32. The van der Waals surface area contributed by atoms with Crippen molar-refractivity contribution in [2.75, 3.05) is 0 Å². The van der Waals surface area contributed by atoms with Crippen molar-refractivity contribution >= 4 is 12.4 Å². The third-order valence-electron chi connectivity index (χ3n) is 3.26. The van der Waals surface area contributed by atoms with Crippen LogP contribution in [-0.4, -0.2) is 28.4 Å². The first-order chi connectivity index (χ1) is 8.79. The van der Waals surface area contributed by atoms with Gasteiger partial charge in [0.25, 0.3) is 0 Å². The van der Waals surface area contributed by atoms with Crippen LogP contribution in [-0.2, 0) is 9.59 Å². The summed E-state index contributed by atoms with van der Waals surface area (Å²) in [5.74, 6) is -1.00. The second kappa shape index (κ2) is 5.87. The summed E-state index contributed by atoms with van der Waals surface area (Å²) in [5, 5.41) is 9.49. The molecule has 0 aliphatic heterocycles. The molecule has 1 atom stereocenters. The average Bonchev–Trinajstić information content (AvgIpc) is 2.25. The van der Waals surface area contributed by atoms with E-state index in [4.69, 9.17) is 0 Å². The fraction of sp³-hybridized carbons (Fsp3) is 0.467. The zero-order chi connectivity index (χ0) is 14.7. The minimum atomic E-state index is -1.00. The summed E-state index contributed by atoms with van der Waals surface area (Å²) >= 11 is 0. The summed E-state index contributed by atoms with van der Waals surface area (Å²) in [7, 11) is 0. The number of hydrogen-bond acceptors (Lipinski definition) is 2. The summed E-state index contributed by atoms with van der Waals surface area (Å²) in [4.78, 5) is 24.2. The van der Waals surface area contributed by atoms with Crippen LogP contribution in [0.3, 0.4) is 0 Å². The monoisotopic (exact) mass is 263 g/mol. The van der Waals surface area contributed by atoms with E-state index in [9.17, 15) is 14.7 Å². The van der Waals surface area contributed by atoms with Gasteiger partial charge in [-0.25, -0.2) is 4.79 Å². The molecule has 0 saturated carbocycles. The molecular formula is C15H21NO3. The van der Waals surface area contributed by atoms with Crippen molar-refractivity contribution in [3.05, 3.63) is 34.4 Å². The molecule has 1 aromatic rings. The lowest BCUT2D eigenvalue weighted by Gasteiger charge is -2.31. The highest BCUT2D eigenvalue weighted by Crippen LogP contribution is 2.29. The standard InChI is InChI=1S/C15H21NO3/c1-9(2)16(8-17)14(15(18)19)13-11(4)6-10(3)7-12(13)5/h6-9,14H,1-5H3,(H,18,19). The Bertz CT molecular complexity index is 471. The lowest BCUT2D eigenvalue weighted by atomic mass is 9.92. The topological polar surface area (TPSA) is 57.6 Å². The van der Waals surface area contributed by atoms with Gasteiger partial charge >= 0.3 is 5.97 Å². The van der Waals surface area contributed by atoms with E-state index >= 15 is 0 Å². The van der Waals surface area contributed by atoms with Crippen LogP contribution in [0.1, 0.15) is 42.1 Å². The molecule has 19 heavy (non-hydrogen) atoms. The van der Waals surface area contributed by atoms with Crippen LogP contribution in [0.25, 0.3) is 0 Å². The minimum absolute atomic E-state index is 0.168. The lowest BCUT2D eigenvalue weighted by molar-refractivity contribution is -0.148. The molecule has 0 saturated heterocycles. The number of carboxylic acids is 1. The maximum Gasteiger partial charge on any atom is 0.331 e. The van der Waals surface area contributed by atoms with Gasteiger partial charge in [-0.15, -0.1) is 0 Å². The molecule has 0 heterocycles. The number of aliphatic carboxylic acids is 1. The summed E-state index contributed by atoms with van der Waals surface area (Å²) in [6.07, 6.45) is 0.613. The van der Waals surface area contributed by atoms with Gasteiger partial charge in [0.1, 0.15) is 0 Å². The minimum Gasteiger partial charge on any atom is -0.479 e. The summed E-state index contributed by atoms with van der Waals surface area (Å²) in [5.41, 5.74) is 3.60. The molecule has 4 heteroatoms. The number of carbonyl (C=O) groups is 2. The second-order valence-electron chi connectivity index (χ2n) is 5.20. The average molecular weight is 263 g/mol. The predicted molar refractivity (Wildman–Crippen MR) is 74.1 cm³/mol. The van der Waals surface area contributed by atoms with E-state index in [-0.39, 0.29) is 6.04 Å². The highest BCUT2D eigenvalue weighted by molar-refractivity contribution is 5.79. The zero-order valence-corrected chi connectivity index (χ0v) is 12.1. The molecule has 104 valence electrons. The van der Waals surface area contributed by atoms with Crippen molar-refractivity contribution in [3.8, 4) is 0 Å². The Kier molecular flexibility index (Phi) is 4.70. The van der Waals surface area contributed by atoms with E-state index in [0.717, 1.165) is 16.7 Å². The molecule has 0 aliphatic carbocycles. The Morgan fingerprint density at radius 3 is 2.00 bits per heavy atom. The van der Waals surface area contributed by atoms with Gasteiger partial charge in [-0.2, -0.15) is 0 Å². The maximum absolute atomic E-state index is 11.6. The zero-order valence-electron chi connectivity index (χ0n) is 12.1. The first kappa shape index (κ1) is 15.2. The van der Waals surface area contributed by atoms with E-state index in [1.54, 1.807) is 0 Å². The second-order valence-corrected chi connectivity index (χ2v) is 5.20. The maximum atomic E-state index is 11.6. The molecule has 0 spiro atoms. The Labute approximate surface area is 114 Å². The van der Waals surface area contributed by atoms with E-state index in [2.05, 4.69) is 0 Å². The number of aryl methyl sites for hydroxylation is 3. The van der Waals surface area contributed by atoms with E-state index in [0.29, 0.717) is 12.0 Å². The molecular weight excluding hydrogens is 242 g/mol. The van der Waals surface area contributed by atoms with Crippen molar-refractivity contribution in [2.45, 2.75) is 46.7 Å². The van der Waals surface area contributed by atoms with Gasteiger partial charge in [-0.1, -0.05) is 17.7 Å². The van der Waals surface area contributed by atoms with Crippen LogP contribution in [0.4, 0.5) is 0 Å². The fourth-order valence-electron chi connectivity index (χ4n) is 2.50. The van der Waals surface area contributed by atoms with E-state index in [1.807, 2.05) is 46.8 Å². The third kappa shape index (κ3) is 3.13. The van der Waals surface area contributed by atoms with Crippen molar-refractivity contribution < 1.29 is 14.7 Å².